The van der Waals surface area contributed by atoms with E-state index in [0.29, 0.717) is 81.7 Å². The molecule has 44 heavy (non-hydrogen) atoms. The van der Waals surface area contributed by atoms with Crippen molar-refractivity contribution in [2.24, 2.45) is 0 Å². The molecule has 2 aliphatic heterocycles. The van der Waals surface area contributed by atoms with Crippen molar-refractivity contribution >= 4 is 64.0 Å². The molecule has 0 unspecified atom stereocenters. The van der Waals surface area contributed by atoms with Crippen molar-refractivity contribution in [2.75, 3.05) is 55.7 Å². The predicted octanol–water partition coefficient (Wildman–Crippen LogP) is 5.34. The maximum absolute atomic E-state index is 14.4. The number of amides is 2. The Morgan fingerprint density at radius 3 is 1.11 bits per heavy atom. The van der Waals surface area contributed by atoms with E-state index in [9.17, 15) is 9.59 Å². The van der Waals surface area contributed by atoms with E-state index in [4.69, 9.17) is 49.8 Å². The van der Waals surface area contributed by atoms with Gasteiger partial charge in [-0.05, 0) is 48.2 Å². The molecule has 4 rings (SSSR count). The minimum Gasteiger partial charge on any atom is -0.377 e. The molecule has 0 bridgehead atoms. The zero-order chi connectivity index (χ0) is 32.1. The van der Waals surface area contributed by atoms with Crippen LogP contribution < -0.4 is 0 Å². The number of nitrogens with zero attached hydrogens (tertiary/aromatic N) is 2. The summed E-state index contributed by atoms with van der Waals surface area (Å²) in [7, 11) is 3.57. The van der Waals surface area contributed by atoms with Gasteiger partial charge in [0.25, 0.3) is 11.8 Å². The largest absolute Gasteiger partial charge is 0.500 e. The number of rotatable bonds is 16. The van der Waals surface area contributed by atoms with E-state index in [1.54, 1.807) is 76.7 Å². The van der Waals surface area contributed by atoms with E-state index < -0.39 is 17.6 Å². The molecule has 2 heterocycles. The van der Waals surface area contributed by atoms with Crippen LogP contribution in [0.5, 0.6) is 0 Å². The molecule has 14 heteroatoms. The molecule has 2 amide bonds. The minimum absolute atomic E-state index is 0.264. The van der Waals surface area contributed by atoms with Crippen LogP contribution in [0.1, 0.15) is 24.0 Å². The molecular weight excluding hydrogens is 643 g/mol. The Hall–Kier alpha value is -2.37. The number of carbonyl (C=O) groups excluding carboxylic acids is 2. The summed E-state index contributed by atoms with van der Waals surface area (Å²) in [6.45, 7) is 0.638. The highest BCUT2D eigenvalue weighted by atomic mass is 35.5. The van der Waals surface area contributed by atoms with Gasteiger partial charge in [-0.25, -0.2) is 0 Å². The first-order valence-electron chi connectivity index (χ1n) is 14.1. The van der Waals surface area contributed by atoms with Crippen molar-refractivity contribution in [1.82, 2.24) is 9.80 Å². The second-order valence-corrected chi connectivity index (χ2v) is 17.2. The van der Waals surface area contributed by atoms with E-state index >= 15 is 0 Å². The maximum atomic E-state index is 14.4. The fourth-order valence-electron chi connectivity index (χ4n) is 5.66. The number of hydrogen-bond acceptors (Lipinski definition) is 8. The molecule has 0 N–H and O–H groups in total. The summed E-state index contributed by atoms with van der Waals surface area (Å²) in [4.78, 5) is 32.1. The Bertz CT molecular complexity index is 1290. The summed E-state index contributed by atoms with van der Waals surface area (Å²) >= 11 is 12.4. The summed E-state index contributed by atoms with van der Waals surface area (Å²) in [5.74, 6) is -0.528. The van der Waals surface area contributed by atoms with Gasteiger partial charge in [0, 0.05) is 77.9 Å². The van der Waals surface area contributed by atoms with E-state index in [2.05, 4.69) is 0 Å². The Morgan fingerprint density at radius 1 is 0.545 bits per heavy atom. The van der Waals surface area contributed by atoms with Gasteiger partial charge in [-0.2, -0.15) is 0 Å². The van der Waals surface area contributed by atoms with Gasteiger partial charge in [0.2, 0.25) is 0 Å². The third-order valence-corrected chi connectivity index (χ3v) is 14.2. The Morgan fingerprint density at radius 2 is 0.841 bits per heavy atom. The molecule has 2 aromatic rings. The average molecular weight is 682 g/mol. The molecule has 0 atom stereocenters. The standard InChI is InChI=1S/C30H38Cl2N2O8Si2/c1-37-43(38-2,39-3)19-7-17-33-27(21-9-13-23(31)14-10-21)25-26(29(33)35)28(22-11-15-24(32)16-12-22)34(30(25)36)18-8-20-44(40-4,41-5)42-6/h9-16H,7-8,17-20H2,1-6H3. The maximum Gasteiger partial charge on any atom is 0.500 e. The summed E-state index contributed by atoms with van der Waals surface area (Å²) < 4.78 is 33.5. The topological polar surface area (TPSA) is 96.0 Å². The van der Waals surface area contributed by atoms with Gasteiger partial charge in [0.1, 0.15) is 0 Å². The molecule has 0 spiro atoms. The van der Waals surface area contributed by atoms with Crippen LogP contribution in [0.3, 0.4) is 0 Å². The molecule has 238 valence electrons. The fraction of sp³-hybridized carbons (Fsp3) is 0.400. The molecule has 0 radical (unpaired) electrons. The summed E-state index contributed by atoms with van der Waals surface area (Å²) in [5.41, 5.74) is 3.19. The molecule has 0 saturated carbocycles. The first-order valence-corrected chi connectivity index (χ1v) is 18.7. The van der Waals surface area contributed by atoms with E-state index in [0.717, 1.165) is 0 Å². The lowest BCUT2D eigenvalue weighted by atomic mass is 10.0. The van der Waals surface area contributed by atoms with Gasteiger partial charge in [0.15, 0.2) is 0 Å². The Labute approximate surface area is 270 Å². The highest BCUT2D eigenvalue weighted by Gasteiger charge is 2.49. The van der Waals surface area contributed by atoms with Crippen molar-refractivity contribution in [3.8, 4) is 0 Å². The lowest BCUT2D eigenvalue weighted by Crippen LogP contribution is -2.43. The van der Waals surface area contributed by atoms with Gasteiger partial charge in [0.05, 0.1) is 22.5 Å². The minimum atomic E-state index is -2.88. The van der Waals surface area contributed by atoms with Crippen LogP contribution in [-0.2, 0) is 36.1 Å². The number of halogens is 2. The SMILES string of the molecule is CO[Si](CCCN1C(=O)C2=C(c3ccc(Cl)cc3)N(CCC[Si](OC)(OC)OC)C(=O)C2=C1c1ccc(Cl)cc1)(OC)OC. The number of carbonyl (C=O) groups is 2. The van der Waals surface area contributed by atoms with Crippen LogP contribution in [0.4, 0.5) is 0 Å². The van der Waals surface area contributed by atoms with Gasteiger partial charge in [-0.15, -0.1) is 0 Å². The second kappa shape index (κ2) is 14.8. The van der Waals surface area contributed by atoms with Crippen LogP contribution in [0.25, 0.3) is 11.4 Å². The van der Waals surface area contributed by atoms with Crippen LogP contribution in [-0.4, -0.2) is 95.0 Å². The molecule has 0 saturated heterocycles. The highest BCUT2D eigenvalue weighted by molar-refractivity contribution is 6.60. The summed E-state index contributed by atoms with van der Waals surface area (Å²) in [6, 6.07) is 15.2. The number of benzene rings is 2. The molecule has 0 aliphatic carbocycles. The van der Waals surface area contributed by atoms with Gasteiger partial charge >= 0.3 is 17.6 Å². The third kappa shape index (κ3) is 6.75. The van der Waals surface area contributed by atoms with Crippen LogP contribution in [0.15, 0.2) is 59.7 Å². The van der Waals surface area contributed by atoms with Crippen molar-refractivity contribution in [2.45, 2.75) is 24.9 Å². The average Bonchev–Trinajstić information content (AvgIpc) is 3.49. The van der Waals surface area contributed by atoms with Gasteiger partial charge < -0.3 is 36.4 Å². The van der Waals surface area contributed by atoms with Crippen LogP contribution in [0, 0.1) is 0 Å². The monoisotopic (exact) mass is 680 g/mol. The molecular formula is C30H38Cl2N2O8Si2. The molecule has 0 aromatic heterocycles. The zero-order valence-corrected chi connectivity index (χ0v) is 29.3. The van der Waals surface area contributed by atoms with E-state index in [-0.39, 0.29) is 11.8 Å². The number of fused-ring (bicyclic) bond motifs is 1. The van der Waals surface area contributed by atoms with Crippen LogP contribution >= 0.6 is 23.2 Å². The van der Waals surface area contributed by atoms with Crippen molar-refractivity contribution in [1.29, 1.82) is 0 Å². The lowest BCUT2D eigenvalue weighted by molar-refractivity contribution is -0.124. The zero-order valence-electron chi connectivity index (χ0n) is 25.8. The summed E-state index contributed by atoms with van der Waals surface area (Å²) in [6.07, 6.45) is 1.05. The first kappa shape index (κ1) is 34.5. The Balaban J connectivity index is 1.80. The quantitative estimate of drug-likeness (QED) is 0.220. The van der Waals surface area contributed by atoms with Gasteiger partial charge in [-0.1, -0.05) is 47.5 Å². The van der Waals surface area contributed by atoms with Crippen molar-refractivity contribution < 1.29 is 36.1 Å². The summed E-state index contributed by atoms with van der Waals surface area (Å²) in [5, 5.41) is 1.09. The van der Waals surface area contributed by atoms with Crippen molar-refractivity contribution in [3.05, 3.63) is 80.8 Å². The third-order valence-electron chi connectivity index (χ3n) is 8.01. The molecule has 10 nitrogen and oxygen atoms in total. The molecule has 2 aromatic carbocycles. The highest BCUT2D eigenvalue weighted by Crippen LogP contribution is 2.47. The molecule has 0 fully saturated rings. The smallest absolute Gasteiger partial charge is 0.377 e. The Kier molecular flexibility index (Phi) is 11.6. The number of hydrogen-bond donors (Lipinski definition) is 0. The second-order valence-electron chi connectivity index (χ2n) is 10.2. The van der Waals surface area contributed by atoms with E-state index in [1.165, 1.54) is 0 Å². The van der Waals surface area contributed by atoms with E-state index in [1.807, 2.05) is 24.3 Å². The lowest BCUT2D eigenvalue weighted by Gasteiger charge is -2.28. The van der Waals surface area contributed by atoms with Crippen molar-refractivity contribution in [3.63, 3.8) is 0 Å². The fourth-order valence-corrected chi connectivity index (χ4v) is 9.32. The van der Waals surface area contributed by atoms with Crippen LogP contribution in [0.2, 0.25) is 22.1 Å². The first-order chi connectivity index (χ1) is 21.1. The predicted molar refractivity (Wildman–Crippen MR) is 173 cm³/mol. The van der Waals surface area contributed by atoms with Gasteiger partial charge in [-0.3, -0.25) is 9.59 Å². The molecule has 2 aliphatic rings. The normalized spacial score (nSPS) is 15.7.